The van der Waals surface area contributed by atoms with Gasteiger partial charge in [0.05, 0.1) is 12.7 Å². The van der Waals surface area contributed by atoms with Crippen molar-refractivity contribution in [2.45, 2.75) is 31.9 Å². The Morgan fingerprint density at radius 1 is 1.42 bits per heavy atom. The van der Waals surface area contributed by atoms with Crippen molar-refractivity contribution in [1.82, 2.24) is 5.32 Å². The van der Waals surface area contributed by atoms with Crippen molar-refractivity contribution < 1.29 is 14.6 Å². The van der Waals surface area contributed by atoms with E-state index in [2.05, 4.69) is 5.32 Å². The van der Waals surface area contributed by atoms with Crippen LogP contribution in [0.15, 0.2) is 30.3 Å². The highest BCUT2D eigenvalue weighted by Gasteiger charge is 2.27. The molecule has 1 aliphatic carbocycles. The lowest BCUT2D eigenvalue weighted by Gasteiger charge is -2.31. The van der Waals surface area contributed by atoms with E-state index in [-0.39, 0.29) is 18.1 Å². The van der Waals surface area contributed by atoms with Gasteiger partial charge in [0.15, 0.2) is 0 Å². The number of hydrogen-bond acceptors (Lipinski definition) is 3. The summed E-state index contributed by atoms with van der Waals surface area (Å²) in [5, 5.41) is 12.0. The summed E-state index contributed by atoms with van der Waals surface area (Å²) < 4.78 is 5.34. The molecule has 1 amide bonds. The molecule has 4 heteroatoms. The molecule has 2 rings (SSSR count). The maximum Gasteiger partial charge on any atom is 0.244 e. The molecule has 4 nitrogen and oxygen atoms in total. The molecule has 1 aliphatic rings. The summed E-state index contributed by atoms with van der Waals surface area (Å²) in [5.74, 6) is 0.707. The van der Waals surface area contributed by atoms with Crippen LogP contribution in [0.4, 0.5) is 0 Å². The van der Waals surface area contributed by atoms with E-state index >= 15 is 0 Å². The first-order valence-electron chi connectivity index (χ1n) is 6.57. The molecule has 0 aromatic heterocycles. The van der Waals surface area contributed by atoms with E-state index in [0.29, 0.717) is 19.4 Å². The molecule has 0 spiro atoms. The summed E-state index contributed by atoms with van der Waals surface area (Å²) in [6, 6.07) is 7.68. The predicted molar refractivity (Wildman–Crippen MR) is 73.8 cm³/mol. The van der Waals surface area contributed by atoms with E-state index in [0.717, 1.165) is 11.3 Å². The molecular weight excluding hydrogens is 242 g/mol. The first kappa shape index (κ1) is 13.6. The number of benzene rings is 1. The second-order valence-electron chi connectivity index (χ2n) is 4.67. The van der Waals surface area contributed by atoms with E-state index in [1.807, 2.05) is 31.2 Å². The van der Waals surface area contributed by atoms with Gasteiger partial charge in [0.1, 0.15) is 5.75 Å². The van der Waals surface area contributed by atoms with Crippen LogP contribution in [0.3, 0.4) is 0 Å². The maximum atomic E-state index is 11.6. The molecule has 2 N–H and O–H groups in total. The molecule has 19 heavy (non-hydrogen) atoms. The molecule has 0 aliphatic heterocycles. The van der Waals surface area contributed by atoms with Crippen LogP contribution in [0.5, 0.6) is 5.75 Å². The fraction of sp³-hybridized carbons (Fsp3) is 0.400. The highest BCUT2D eigenvalue weighted by Crippen LogP contribution is 2.19. The summed E-state index contributed by atoms with van der Waals surface area (Å²) in [4.78, 5) is 11.6. The second-order valence-corrected chi connectivity index (χ2v) is 4.67. The number of aliphatic hydroxyl groups excluding tert-OH is 1. The Bertz CT molecular complexity index is 447. The van der Waals surface area contributed by atoms with Crippen LogP contribution in [0.2, 0.25) is 0 Å². The molecule has 0 atom stereocenters. The van der Waals surface area contributed by atoms with Gasteiger partial charge in [-0.1, -0.05) is 12.1 Å². The number of carbonyl (C=O) groups excluding carboxylic acids is 1. The van der Waals surface area contributed by atoms with Crippen molar-refractivity contribution in [3.63, 3.8) is 0 Å². The molecule has 0 saturated heterocycles. The number of hydrogen-bond donors (Lipinski definition) is 2. The van der Waals surface area contributed by atoms with Crippen molar-refractivity contribution >= 4 is 12.0 Å². The fourth-order valence-electron chi connectivity index (χ4n) is 1.97. The molecule has 1 fully saturated rings. The lowest BCUT2D eigenvalue weighted by Crippen LogP contribution is -2.46. The van der Waals surface area contributed by atoms with Crippen molar-refractivity contribution in [2.24, 2.45) is 0 Å². The average Bonchev–Trinajstić information content (AvgIpc) is 2.36. The van der Waals surface area contributed by atoms with E-state index in [4.69, 9.17) is 9.84 Å². The average molecular weight is 261 g/mol. The summed E-state index contributed by atoms with van der Waals surface area (Å²) in [6.07, 6.45) is 4.34. The summed E-state index contributed by atoms with van der Waals surface area (Å²) in [6.45, 7) is 2.58. The Kier molecular flexibility index (Phi) is 4.58. The summed E-state index contributed by atoms with van der Waals surface area (Å²) >= 11 is 0. The molecule has 0 radical (unpaired) electrons. The van der Waals surface area contributed by atoms with Crippen molar-refractivity contribution in [2.75, 3.05) is 6.61 Å². The Morgan fingerprint density at radius 2 is 2.11 bits per heavy atom. The second kappa shape index (κ2) is 6.38. The third kappa shape index (κ3) is 4.10. The quantitative estimate of drug-likeness (QED) is 0.794. The summed E-state index contributed by atoms with van der Waals surface area (Å²) in [7, 11) is 0. The van der Waals surface area contributed by atoms with Crippen molar-refractivity contribution in [1.29, 1.82) is 0 Å². The van der Waals surface area contributed by atoms with Crippen LogP contribution in [0.1, 0.15) is 25.3 Å². The summed E-state index contributed by atoms with van der Waals surface area (Å²) in [5.41, 5.74) is 0.951. The third-order valence-corrected chi connectivity index (χ3v) is 3.08. The lowest BCUT2D eigenvalue weighted by molar-refractivity contribution is -0.118. The SMILES string of the molecule is CCOc1ccc(C=CC(=O)NC2CC(O)C2)cc1. The van der Waals surface area contributed by atoms with Crippen LogP contribution >= 0.6 is 0 Å². The van der Waals surface area contributed by atoms with Gasteiger partial charge in [0, 0.05) is 12.1 Å². The molecule has 0 unspecified atom stereocenters. The first-order chi connectivity index (χ1) is 9.17. The normalized spacial score (nSPS) is 22.0. The standard InChI is InChI=1S/C15H19NO3/c1-2-19-14-6-3-11(4-7-14)5-8-15(18)16-12-9-13(17)10-12/h3-8,12-13,17H,2,9-10H2,1H3,(H,16,18). The van der Waals surface area contributed by atoms with E-state index in [1.165, 1.54) is 6.08 Å². The van der Waals surface area contributed by atoms with Crippen LogP contribution in [-0.4, -0.2) is 29.8 Å². The molecule has 1 aromatic carbocycles. The molecule has 0 heterocycles. The highest BCUT2D eigenvalue weighted by atomic mass is 16.5. The van der Waals surface area contributed by atoms with Gasteiger partial charge in [0.25, 0.3) is 0 Å². The van der Waals surface area contributed by atoms with Gasteiger partial charge in [-0.25, -0.2) is 0 Å². The minimum absolute atomic E-state index is 0.118. The van der Waals surface area contributed by atoms with E-state index in [1.54, 1.807) is 6.08 Å². The van der Waals surface area contributed by atoms with Gasteiger partial charge >= 0.3 is 0 Å². The number of amides is 1. The maximum absolute atomic E-state index is 11.6. The first-order valence-corrected chi connectivity index (χ1v) is 6.57. The zero-order valence-electron chi connectivity index (χ0n) is 11.0. The van der Waals surface area contributed by atoms with Gasteiger partial charge in [-0.15, -0.1) is 0 Å². The minimum Gasteiger partial charge on any atom is -0.494 e. The van der Waals surface area contributed by atoms with Crippen LogP contribution in [-0.2, 0) is 4.79 Å². The van der Waals surface area contributed by atoms with Crippen LogP contribution in [0, 0.1) is 0 Å². The van der Waals surface area contributed by atoms with Gasteiger partial charge in [-0.3, -0.25) is 4.79 Å². The number of aliphatic hydroxyl groups is 1. The smallest absolute Gasteiger partial charge is 0.244 e. The largest absolute Gasteiger partial charge is 0.494 e. The Balaban J connectivity index is 1.82. The molecule has 1 aromatic rings. The van der Waals surface area contributed by atoms with Gasteiger partial charge in [-0.2, -0.15) is 0 Å². The Hall–Kier alpha value is -1.81. The number of nitrogens with one attached hydrogen (secondary N) is 1. The predicted octanol–water partition coefficient (Wildman–Crippen LogP) is 1.74. The molecule has 1 saturated carbocycles. The van der Waals surface area contributed by atoms with Crippen LogP contribution in [0.25, 0.3) is 6.08 Å². The number of carbonyl (C=O) groups is 1. The highest BCUT2D eigenvalue weighted by molar-refractivity contribution is 5.91. The van der Waals surface area contributed by atoms with Gasteiger partial charge in [0.2, 0.25) is 5.91 Å². The van der Waals surface area contributed by atoms with Gasteiger partial charge in [-0.05, 0) is 43.5 Å². The molecular formula is C15H19NO3. The topological polar surface area (TPSA) is 58.6 Å². The lowest BCUT2D eigenvalue weighted by atomic mass is 9.89. The number of rotatable bonds is 5. The zero-order chi connectivity index (χ0) is 13.7. The van der Waals surface area contributed by atoms with E-state index in [9.17, 15) is 4.79 Å². The Labute approximate surface area is 113 Å². The fourth-order valence-corrected chi connectivity index (χ4v) is 1.97. The minimum atomic E-state index is -0.250. The Morgan fingerprint density at radius 3 is 2.68 bits per heavy atom. The van der Waals surface area contributed by atoms with Crippen LogP contribution < -0.4 is 10.1 Å². The monoisotopic (exact) mass is 261 g/mol. The number of ether oxygens (including phenoxy) is 1. The van der Waals surface area contributed by atoms with Crippen molar-refractivity contribution in [3.05, 3.63) is 35.9 Å². The van der Waals surface area contributed by atoms with Crippen molar-refractivity contribution in [3.8, 4) is 5.75 Å². The molecule has 102 valence electrons. The third-order valence-electron chi connectivity index (χ3n) is 3.08. The zero-order valence-corrected chi connectivity index (χ0v) is 11.0. The molecule has 0 bridgehead atoms. The van der Waals surface area contributed by atoms with E-state index < -0.39 is 0 Å². The van der Waals surface area contributed by atoms with Gasteiger partial charge < -0.3 is 15.2 Å².